The first-order valence-corrected chi connectivity index (χ1v) is 7.85. The minimum atomic E-state index is -3.83. The summed E-state index contributed by atoms with van der Waals surface area (Å²) in [7, 11) is -3.83. The molecule has 0 aliphatic carbocycles. The Kier molecular flexibility index (Phi) is 3.91. The monoisotopic (exact) mass is 308 g/mol. The van der Waals surface area contributed by atoms with Crippen LogP contribution in [0, 0.1) is 26.6 Å². The van der Waals surface area contributed by atoms with Gasteiger partial charge in [-0.2, -0.15) is 0 Å². The number of nitrogens with two attached hydrogens (primary N) is 1. The predicted octanol–water partition coefficient (Wildman–Crippen LogP) is 3.13. The van der Waals surface area contributed by atoms with E-state index in [9.17, 15) is 12.8 Å². The number of sulfonamides is 1. The molecule has 0 atom stereocenters. The predicted molar refractivity (Wildman–Crippen MR) is 82.3 cm³/mol. The summed E-state index contributed by atoms with van der Waals surface area (Å²) in [5.41, 5.74) is 8.11. The van der Waals surface area contributed by atoms with E-state index in [2.05, 4.69) is 4.72 Å². The standard InChI is InChI=1S/C15H17FN2O2S/c1-9-4-6-12(16)8-14(9)18-21(19,20)15-10(2)5-7-13(17)11(15)3/h4-8,18H,17H2,1-3H3. The Morgan fingerprint density at radius 3 is 2.33 bits per heavy atom. The van der Waals surface area contributed by atoms with Crippen LogP contribution in [0.25, 0.3) is 0 Å². The fourth-order valence-electron chi connectivity index (χ4n) is 2.16. The Balaban J connectivity index is 2.54. The molecule has 112 valence electrons. The van der Waals surface area contributed by atoms with Crippen LogP contribution in [0.4, 0.5) is 15.8 Å². The van der Waals surface area contributed by atoms with E-state index < -0.39 is 15.8 Å². The van der Waals surface area contributed by atoms with Crippen molar-refractivity contribution < 1.29 is 12.8 Å². The molecule has 0 amide bonds. The molecule has 2 rings (SSSR count). The highest BCUT2D eigenvalue weighted by molar-refractivity contribution is 7.92. The van der Waals surface area contributed by atoms with Gasteiger partial charge >= 0.3 is 0 Å². The molecule has 0 radical (unpaired) electrons. The Morgan fingerprint density at radius 2 is 1.67 bits per heavy atom. The summed E-state index contributed by atoms with van der Waals surface area (Å²) >= 11 is 0. The van der Waals surface area contributed by atoms with Gasteiger partial charge in [-0.15, -0.1) is 0 Å². The summed E-state index contributed by atoms with van der Waals surface area (Å²) in [6.07, 6.45) is 0. The molecule has 0 aliphatic heterocycles. The number of nitrogen functional groups attached to an aromatic ring is 1. The largest absolute Gasteiger partial charge is 0.398 e. The molecule has 0 bridgehead atoms. The molecule has 0 aliphatic rings. The van der Waals surface area contributed by atoms with Gasteiger partial charge in [0.25, 0.3) is 10.0 Å². The highest BCUT2D eigenvalue weighted by Gasteiger charge is 2.21. The summed E-state index contributed by atoms with van der Waals surface area (Å²) < 4.78 is 40.9. The third-order valence-corrected chi connectivity index (χ3v) is 5.01. The van der Waals surface area contributed by atoms with Crippen molar-refractivity contribution in [2.24, 2.45) is 0 Å². The molecular formula is C15H17FN2O2S. The van der Waals surface area contributed by atoms with E-state index >= 15 is 0 Å². The van der Waals surface area contributed by atoms with Crippen LogP contribution in [0.3, 0.4) is 0 Å². The fraction of sp³-hybridized carbons (Fsp3) is 0.200. The lowest BCUT2D eigenvalue weighted by atomic mass is 10.1. The molecular weight excluding hydrogens is 291 g/mol. The van der Waals surface area contributed by atoms with Gasteiger partial charge in [-0.3, -0.25) is 4.72 Å². The second-order valence-electron chi connectivity index (χ2n) is 4.99. The van der Waals surface area contributed by atoms with E-state index in [4.69, 9.17) is 5.73 Å². The number of benzene rings is 2. The zero-order valence-electron chi connectivity index (χ0n) is 12.1. The van der Waals surface area contributed by atoms with Crippen molar-refractivity contribution in [1.29, 1.82) is 0 Å². The SMILES string of the molecule is Cc1ccc(F)cc1NS(=O)(=O)c1c(C)ccc(N)c1C. The van der Waals surface area contributed by atoms with Gasteiger partial charge in [0.05, 0.1) is 10.6 Å². The highest BCUT2D eigenvalue weighted by atomic mass is 32.2. The minimum Gasteiger partial charge on any atom is -0.398 e. The van der Waals surface area contributed by atoms with Gasteiger partial charge in [-0.05, 0) is 55.7 Å². The number of nitrogens with one attached hydrogen (secondary N) is 1. The molecule has 6 heteroatoms. The van der Waals surface area contributed by atoms with E-state index in [1.807, 2.05) is 0 Å². The average Bonchev–Trinajstić information content (AvgIpc) is 2.38. The maximum atomic E-state index is 13.3. The number of hydrogen-bond donors (Lipinski definition) is 2. The van der Waals surface area contributed by atoms with Gasteiger partial charge in [0.2, 0.25) is 0 Å². The first-order chi connectivity index (χ1) is 9.72. The van der Waals surface area contributed by atoms with Crippen LogP contribution in [-0.2, 0) is 10.0 Å². The molecule has 0 saturated carbocycles. The van der Waals surface area contributed by atoms with Crippen molar-refractivity contribution in [3.05, 3.63) is 52.8 Å². The molecule has 3 N–H and O–H groups in total. The number of rotatable bonds is 3. The van der Waals surface area contributed by atoms with Crippen LogP contribution >= 0.6 is 0 Å². The topological polar surface area (TPSA) is 72.2 Å². The normalized spacial score (nSPS) is 11.4. The Morgan fingerprint density at radius 1 is 1.05 bits per heavy atom. The summed E-state index contributed by atoms with van der Waals surface area (Å²) in [5.74, 6) is -0.501. The van der Waals surface area contributed by atoms with Gasteiger partial charge in [-0.25, -0.2) is 12.8 Å². The van der Waals surface area contributed by atoms with E-state index in [-0.39, 0.29) is 10.6 Å². The number of aryl methyl sites for hydroxylation is 2. The van der Waals surface area contributed by atoms with Crippen LogP contribution < -0.4 is 10.5 Å². The van der Waals surface area contributed by atoms with E-state index in [1.54, 1.807) is 32.9 Å². The van der Waals surface area contributed by atoms with Crippen molar-refractivity contribution in [1.82, 2.24) is 0 Å². The van der Waals surface area contributed by atoms with Crippen molar-refractivity contribution in [3.63, 3.8) is 0 Å². The Bertz CT molecular complexity index is 802. The first-order valence-electron chi connectivity index (χ1n) is 6.37. The summed E-state index contributed by atoms with van der Waals surface area (Å²) in [6, 6.07) is 7.27. The molecule has 0 unspecified atom stereocenters. The van der Waals surface area contributed by atoms with E-state index in [0.717, 1.165) is 6.07 Å². The third kappa shape index (κ3) is 3.00. The molecule has 0 heterocycles. The molecule has 2 aromatic rings. The lowest BCUT2D eigenvalue weighted by Crippen LogP contribution is -2.17. The quantitative estimate of drug-likeness (QED) is 0.856. The van der Waals surface area contributed by atoms with Crippen LogP contribution in [0.2, 0.25) is 0 Å². The lowest BCUT2D eigenvalue weighted by molar-refractivity contribution is 0.600. The van der Waals surface area contributed by atoms with Crippen molar-refractivity contribution >= 4 is 21.4 Å². The molecule has 21 heavy (non-hydrogen) atoms. The van der Waals surface area contributed by atoms with Crippen LogP contribution in [-0.4, -0.2) is 8.42 Å². The molecule has 0 spiro atoms. The Hall–Kier alpha value is -2.08. The van der Waals surface area contributed by atoms with Crippen LogP contribution in [0.15, 0.2) is 35.2 Å². The Labute approximate surface area is 123 Å². The maximum Gasteiger partial charge on any atom is 0.262 e. The average molecular weight is 308 g/mol. The van der Waals surface area contributed by atoms with Gasteiger partial charge in [-0.1, -0.05) is 12.1 Å². The molecule has 0 saturated heterocycles. The van der Waals surface area contributed by atoms with Gasteiger partial charge < -0.3 is 5.73 Å². The lowest BCUT2D eigenvalue weighted by Gasteiger charge is -2.15. The summed E-state index contributed by atoms with van der Waals surface area (Å²) in [4.78, 5) is 0.131. The molecule has 4 nitrogen and oxygen atoms in total. The second kappa shape index (κ2) is 5.37. The van der Waals surface area contributed by atoms with Crippen LogP contribution in [0.5, 0.6) is 0 Å². The van der Waals surface area contributed by atoms with Gasteiger partial charge in [0.1, 0.15) is 5.82 Å². The van der Waals surface area contributed by atoms with E-state index in [0.29, 0.717) is 22.4 Å². The first kappa shape index (κ1) is 15.3. The molecule has 2 aromatic carbocycles. The van der Waals surface area contributed by atoms with Crippen molar-refractivity contribution in [2.45, 2.75) is 25.7 Å². The second-order valence-corrected chi connectivity index (χ2v) is 6.61. The van der Waals surface area contributed by atoms with Gasteiger partial charge in [0, 0.05) is 5.69 Å². The molecule has 0 aromatic heterocycles. The zero-order valence-corrected chi connectivity index (χ0v) is 12.9. The van der Waals surface area contributed by atoms with Crippen molar-refractivity contribution in [3.8, 4) is 0 Å². The number of anilines is 2. The zero-order chi connectivity index (χ0) is 15.8. The third-order valence-electron chi connectivity index (χ3n) is 3.36. The smallest absolute Gasteiger partial charge is 0.262 e. The molecule has 0 fully saturated rings. The van der Waals surface area contributed by atoms with Crippen molar-refractivity contribution in [2.75, 3.05) is 10.5 Å². The highest BCUT2D eigenvalue weighted by Crippen LogP contribution is 2.27. The number of halogens is 1. The van der Waals surface area contributed by atoms with Gasteiger partial charge in [0.15, 0.2) is 0 Å². The van der Waals surface area contributed by atoms with Crippen LogP contribution in [0.1, 0.15) is 16.7 Å². The minimum absolute atomic E-state index is 0.131. The summed E-state index contributed by atoms with van der Waals surface area (Å²) in [6.45, 7) is 5.05. The number of hydrogen-bond acceptors (Lipinski definition) is 3. The maximum absolute atomic E-state index is 13.3. The fourth-order valence-corrected chi connectivity index (χ4v) is 3.78. The summed E-state index contributed by atoms with van der Waals surface area (Å²) in [5, 5.41) is 0. The van der Waals surface area contributed by atoms with E-state index in [1.165, 1.54) is 12.1 Å².